The van der Waals surface area contributed by atoms with E-state index in [4.69, 9.17) is 9.47 Å². The van der Waals surface area contributed by atoms with Crippen molar-refractivity contribution in [2.75, 3.05) is 38.3 Å². The lowest BCUT2D eigenvalue weighted by Gasteiger charge is -2.26. The Hall–Kier alpha value is -1.40. The maximum Gasteiger partial charge on any atom is 0.234 e. The zero-order chi connectivity index (χ0) is 15.1. The van der Waals surface area contributed by atoms with Gasteiger partial charge in [0.15, 0.2) is 5.82 Å². The van der Waals surface area contributed by atoms with E-state index in [1.165, 1.54) is 12.8 Å². The summed E-state index contributed by atoms with van der Waals surface area (Å²) in [4.78, 5) is 11.2. The molecule has 0 aromatic carbocycles. The molecule has 2 heterocycles. The SMILES string of the molecule is COCCNCC1CCCN1c1cncc(OC(C)C)n1. The van der Waals surface area contributed by atoms with Crippen LogP contribution in [0.1, 0.15) is 26.7 Å². The van der Waals surface area contributed by atoms with Gasteiger partial charge in [-0.25, -0.2) is 0 Å². The van der Waals surface area contributed by atoms with Crippen LogP contribution in [0.3, 0.4) is 0 Å². The Morgan fingerprint density at radius 2 is 2.29 bits per heavy atom. The van der Waals surface area contributed by atoms with E-state index < -0.39 is 0 Å². The van der Waals surface area contributed by atoms with E-state index in [9.17, 15) is 0 Å². The van der Waals surface area contributed by atoms with Crippen LogP contribution in [0.4, 0.5) is 5.82 Å². The molecule has 0 aliphatic carbocycles. The molecule has 0 saturated carbocycles. The van der Waals surface area contributed by atoms with E-state index in [2.05, 4.69) is 20.2 Å². The van der Waals surface area contributed by atoms with Gasteiger partial charge in [-0.1, -0.05) is 0 Å². The molecule has 1 aromatic heterocycles. The van der Waals surface area contributed by atoms with E-state index in [-0.39, 0.29) is 6.10 Å². The molecule has 1 aliphatic rings. The summed E-state index contributed by atoms with van der Waals surface area (Å²) in [5.74, 6) is 1.50. The van der Waals surface area contributed by atoms with Gasteiger partial charge in [-0.05, 0) is 26.7 Å². The molecule has 0 radical (unpaired) electrons. The van der Waals surface area contributed by atoms with E-state index in [0.717, 1.165) is 32.1 Å². The van der Waals surface area contributed by atoms with Crippen LogP contribution >= 0.6 is 0 Å². The number of nitrogens with zero attached hydrogens (tertiary/aromatic N) is 3. The summed E-state index contributed by atoms with van der Waals surface area (Å²) in [7, 11) is 1.72. The van der Waals surface area contributed by atoms with E-state index in [0.29, 0.717) is 11.9 Å². The van der Waals surface area contributed by atoms with Crippen molar-refractivity contribution in [1.29, 1.82) is 0 Å². The average Bonchev–Trinajstić information content (AvgIpc) is 2.91. The highest BCUT2D eigenvalue weighted by Crippen LogP contribution is 2.24. The number of ether oxygens (including phenoxy) is 2. The third kappa shape index (κ3) is 4.82. The van der Waals surface area contributed by atoms with Gasteiger partial charge in [0.1, 0.15) is 0 Å². The summed E-state index contributed by atoms with van der Waals surface area (Å²) in [5.41, 5.74) is 0. The molecule has 118 valence electrons. The quantitative estimate of drug-likeness (QED) is 0.733. The molecule has 0 bridgehead atoms. The van der Waals surface area contributed by atoms with Crippen molar-refractivity contribution in [3.63, 3.8) is 0 Å². The molecule has 1 atom stereocenters. The van der Waals surface area contributed by atoms with Gasteiger partial charge in [-0.2, -0.15) is 4.98 Å². The van der Waals surface area contributed by atoms with Crippen molar-refractivity contribution in [2.45, 2.75) is 38.8 Å². The largest absolute Gasteiger partial charge is 0.474 e. The molecule has 1 saturated heterocycles. The predicted molar refractivity (Wildman–Crippen MR) is 82.9 cm³/mol. The molecule has 1 unspecified atom stereocenters. The zero-order valence-corrected chi connectivity index (χ0v) is 13.2. The number of hydrogen-bond donors (Lipinski definition) is 1. The first kappa shape index (κ1) is 16.0. The number of aromatic nitrogens is 2. The van der Waals surface area contributed by atoms with Gasteiger partial charge in [0, 0.05) is 32.8 Å². The standard InChI is InChI=1S/C15H26N4O2/c1-12(2)21-15-11-17-10-14(18-15)19-7-4-5-13(19)9-16-6-8-20-3/h10-13,16H,4-9H2,1-3H3. The van der Waals surface area contributed by atoms with E-state index in [1.54, 1.807) is 13.3 Å². The van der Waals surface area contributed by atoms with Gasteiger partial charge in [0.05, 0.1) is 25.1 Å². The zero-order valence-electron chi connectivity index (χ0n) is 13.2. The second-order valence-electron chi connectivity index (χ2n) is 5.57. The Balaban J connectivity index is 1.95. The highest BCUT2D eigenvalue weighted by Gasteiger charge is 2.25. The molecule has 1 fully saturated rings. The fourth-order valence-corrected chi connectivity index (χ4v) is 2.57. The van der Waals surface area contributed by atoms with Crippen LogP contribution in [0.25, 0.3) is 0 Å². The van der Waals surface area contributed by atoms with Gasteiger partial charge < -0.3 is 19.7 Å². The smallest absolute Gasteiger partial charge is 0.234 e. The first-order valence-electron chi connectivity index (χ1n) is 7.65. The van der Waals surface area contributed by atoms with Crippen LogP contribution in [0.5, 0.6) is 5.88 Å². The molecule has 6 nitrogen and oxygen atoms in total. The Kier molecular flexibility index (Phi) is 6.20. The molecule has 2 rings (SSSR count). The molecule has 1 aromatic rings. The molecule has 0 spiro atoms. The van der Waals surface area contributed by atoms with Crippen molar-refractivity contribution < 1.29 is 9.47 Å². The second-order valence-corrected chi connectivity index (χ2v) is 5.57. The summed E-state index contributed by atoms with van der Waals surface area (Å²) in [6.07, 6.45) is 5.97. The molecule has 1 aliphatic heterocycles. The Morgan fingerprint density at radius 1 is 1.43 bits per heavy atom. The number of rotatable bonds is 8. The van der Waals surface area contributed by atoms with Crippen LogP contribution in [0.2, 0.25) is 0 Å². The Labute approximate surface area is 126 Å². The highest BCUT2D eigenvalue weighted by molar-refractivity contribution is 5.40. The molecular formula is C15H26N4O2. The summed E-state index contributed by atoms with van der Waals surface area (Å²) in [5, 5.41) is 3.43. The van der Waals surface area contributed by atoms with E-state index in [1.807, 2.05) is 20.0 Å². The summed E-state index contributed by atoms with van der Waals surface area (Å²) < 4.78 is 10.7. The van der Waals surface area contributed by atoms with Crippen LogP contribution in [-0.2, 0) is 4.74 Å². The Bertz CT molecular complexity index is 428. The predicted octanol–water partition coefficient (Wildman–Crippen LogP) is 1.47. The van der Waals surface area contributed by atoms with Gasteiger partial charge in [0.2, 0.25) is 5.88 Å². The van der Waals surface area contributed by atoms with Crippen LogP contribution in [-0.4, -0.2) is 55.5 Å². The maximum absolute atomic E-state index is 5.63. The van der Waals surface area contributed by atoms with Crippen molar-refractivity contribution in [3.8, 4) is 5.88 Å². The summed E-state index contributed by atoms with van der Waals surface area (Å²) in [6.45, 7) is 7.57. The molecule has 6 heteroatoms. The molecule has 0 amide bonds. The molecule has 21 heavy (non-hydrogen) atoms. The third-order valence-corrected chi connectivity index (χ3v) is 3.49. The minimum atomic E-state index is 0.111. The minimum absolute atomic E-state index is 0.111. The maximum atomic E-state index is 5.63. The lowest BCUT2D eigenvalue weighted by Crippen LogP contribution is -2.39. The van der Waals surface area contributed by atoms with Gasteiger partial charge in [-0.3, -0.25) is 4.98 Å². The summed E-state index contributed by atoms with van der Waals surface area (Å²) >= 11 is 0. The lowest BCUT2D eigenvalue weighted by atomic mass is 10.2. The number of hydrogen-bond acceptors (Lipinski definition) is 6. The topological polar surface area (TPSA) is 59.5 Å². The highest BCUT2D eigenvalue weighted by atomic mass is 16.5. The number of nitrogens with one attached hydrogen (secondary N) is 1. The van der Waals surface area contributed by atoms with Crippen molar-refractivity contribution in [2.24, 2.45) is 0 Å². The Morgan fingerprint density at radius 3 is 3.05 bits per heavy atom. The van der Waals surface area contributed by atoms with Crippen LogP contribution in [0, 0.1) is 0 Å². The minimum Gasteiger partial charge on any atom is -0.474 e. The normalized spacial score (nSPS) is 18.5. The first-order chi connectivity index (χ1) is 10.2. The van der Waals surface area contributed by atoms with Crippen LogP contribution < -0.4 is 15.0 Å². The van der Waals surface area contributed by atoms with Gasteiger partial charge in [-0.15, -0.1) is 0 Å². The fraction of sp³-hybridized carbons (Fsp3) is 0.733. The summed E-state index contributed by atoms with van der Waals surface area (Å²) in [6, 6.07) is 0.463. The van der Waals surface area contributed by atoms with Crippen molar-refractivity contribution in [1.82, 2.24) is 15.3 Å². The fourth-order valence-electron chi connectivity index (χ4n) is 2.57. The molecular weight excluding hydrogens is 268 g/mol. The van der Waals surface area contributed by atoms with Crippen molar-refractivity contribution in [3.05, 3.63) is 12.4 Å². The first-order valence-corrected chi connectivity index (χ1v) is 7.65. The number of anilines is 1. The monoisotopic (exact) mass is 294 g/mol. The lowest BCUT2D eigenvalue weighted by molar-refractivity contribution is 0.199. The molecule has 1 N–H and O–H groups in total. The van der Waals surface area contributed by atoms with Crippen LogP contribution in [0.15, 0.2) is 12.4 Å². The second kappa shape index (κ2) is 8.14. The van der Waals surface area contributed by atoms with E-state index >= 15 is 0 Å². The average molecular weight is 294 g/mol. The third-order valence-electron chi connectivity index (χ3n) is 3.49. The number of methoxy groups -OCH3 is 1. The van der Waals surface area contributed by atoms with Crippen molar-refractivity contribution >= 4 is 5.82 Å². The van der Waals surface area contributed by atoms with Gasteiger partial charge in [0.25, 0.3) is 0 Å². The van der Waals surface area contributed by atoms with Gasteiger partial charge >= 0.3 is 0 Å².